The molecule has 3 nitrogen and oxygen atoms in total. The summed E-state index contributed by atoms with van der Waals surface area (Å²) in [6, 6.07) is 7.73. The third-order valence-electron chi connectivity index (χ3n) is 3.16. The summed E-state index contributed by atoms with van der Waals surface area (Å²) in [6.07, 6.45) is 0. The fraction of sp³-hybridized carbons (Fsp3) is 0.500. The quantitative estimate of drug-likeness (QED) is 0.754. The van der Waals surface area contributed by atoms with Crippen LogP contribution in [-0.2, 0) is 9.47 Å². The summed E-state index contributed by atoms with van der Waals surface area (Å²) >= 11 is 0. The number of benzene rings is 1. The van der Waals surface area contributed by atoms with Crippen molar-refractivity contribution in [2.75, 3.05) is 13.4 Å². The maximum absolute atomic E-state index is 12.2. The first-order valence-corrected chi connectivity index (χ1v) is 5.89. The average Bonchev–Trinajstić information content (AvgIpc) is 2.76. The Balaban J connectivity index is 2.20. The maximum Gasteiger partial charge on any atom is 0.196 e. The zero-order chi connectivity index (χ0) is 12.5. The summed E-state index contributed by atoms with van der Waals surface area (Å²) in [7, 11) is 0. The van der Waals surface area contributed by atoms with E-state index in [4.69, 9.17) is 9.47 Å². The molecule has 0 spiro atoms. The van der Waals surface area contributed by atoms with Crippen LogP contribution in [-0.4, -0.2) is 24.8 Å². The molecule has 0 bridgehead atoms. The maximum atomic E-state index is 12.2. The lowest BCUT2D eigenvalue weighted by atomic mass is 9.93. The predicted octanol–water partition coefficient (Wildman–Crippen LogP) is 2.76. The molecule has 1 aliphatic rings. The first-order chi connectivity index (χ1) is 8.03. The largest absolute Gasteiger partial charge is 0.352 e. The third kappa shape index (κ3) is 2.40. The molecule has 1 aromatic rings. The van der Waals surface area contributed by atoms with Gasteiger partial charge in [-0.2, -0.15) is 0 Å². The normalized spacial score (nSPS) is 24.2. The van der Waals surface area contributed by atoms with E-state index in [-0.39, 0.29) is 12.6 Å². The number of Topliss-reactive ketones (excluding diaryl/α,β-unsaturated/α-hetero) is 1. The van der Waals surface area contributed by atoms with Crippen molar-refractivity contribution in [3.63, 3.8) is 0 Å². The molecule has 1 unspecified atom stereocenters. The van der Waals surface area contributed by atoms with E-state index in [0.717, 1.165) is 0 Å². The molecule has 92 valence electrons. The van der Waals surface area contributed by atoms with E-state index >= 15 is 0 Å². The van der Waals surface area contributed by atoms with Gasteiger partial charge in [0.15, 0.2) is 11.4 Å². The Morgan fingerprint density at radius 1 is 1.29 bits per heavy atom. The van der Waals surface area contributed by atoms with E-state index in [1.165, 1.54) is 5.56 Å². The number of hydrogen-bond acceptors (Lipinski definition) is 3. The summed E-state index contributed by atoms with van der Waals surface area (Å²) in [6.45, 7) is 6.57. The second kappa shape index (κ2) is 4.59. The van der Waals surface area contributed by atoms with Crippen molar-refractivity contribution in [2.45, 2.75) is 32.3 Å². The minimum Gasteiger partial charge on any atom is -0.352 e. The minimum atomic E-state index is -0.820. The summed E-state index contributed by atoms with van der Waals surface area (Å²) in [5.41, 5.74) is 1.09. The summed E-state index contributed by atoms with van der Waals surface area (Å²) in [5, 5.41) is 0. The summed E-state index contributed by atoms with van der Waals surface area (Å²) in [4.78, 5) is 12.2. The Hall–Kier alpha value is -1.19. The fourth-order valence-electron chi connectivity index (χ4n) is 1.91. The first-order valence-electron chi connectivity index (χ1n) is 5.89. The second-order valence-corrected chi connectivity index (χ2v) is 4.95. The summed E-state index contributed by atoms with van der Waals surface area (Å²) < 4.78 is 10.5. The molecule has 1 atom stereocenters. The van der Waals surface area contributed by atoms with E-state index in [9.17, 15) is 4.79 Å². The number of ether oxygens (including phenoxy) is 2. The second-order valence-electron chi connectivity index (χ2n) is 4.95. The number of hydrogen-bond donors (Lipinski definition) is 0. The van der Waals surface area contributed by atoms with Crippen molar-refractivity contribution in [1.82, 2.24) is 0 Å². The SMILES string of the molecule is CC(C)c1ccc(C(=O)C2(C)COCO2)cc1. The molecular weight excluding hydrogens is 216 g/mol. The Morgan fingerprint density at radius 3 is 2.41 bits per heavy atom. The van der Waals surface area contributed by atoms with Crippen LogP contribution in [0.5, 0.6) is 0 Å². The van der Waals surface area contributed by atoms with Gasteiger partial charge in [0, 0.05) is 5.56 Å². The van der Waals surface area contributed by atoms with Gasteiger partial charge in [-0.3, -0.25) is 4.79 Å². The molecular formula is C14H18O3. The molecule has 17 heavy (non-hydrogen) atoms. The van der Waals surface area contributed by atoms with Crippen LogP contribution in [0.15, 0.2) is 24.3 Å². The number of carbonyl (C=O) groups is 1. The Morgan fingerprint density at radius 2 is 1.94 bits per heavy atom. The van der Waals surface area contributed by atoms with Crippen LogP contribution in [0.25, 0.3) is 0 Å². The lowest BCUT2D eigenvalue weighted by Gasteiger charge is -2.19. The Bertz CT molecular complexity index is 400. The van der Waals surface area contributed by atoms with Gasteiger partial charge in [-0.25, -0.2) is 0 Å². The van der Waals surface area contributed by atoms with Gasteiger partial charge in [0.05, 0.1) is 6.61 Å². The molecule has 0 aliphatic carbocycles. The molecule has 1 aliphatic heterocycles. The molecule has 1 saturated heterocycles. The minimum absolute atomic E-state index is 0.00898. The highest BCUT2D eigenvalue weighted by molar-refractivity contribution is 6.02. The predicted molar refractivity (Wildman–Crippen MR) is 65.2 cm³/mol. The smallest absolute Gasteiger partial charge is 0.196 e. The number of ketones is 1. The van der Waals surface area contributed by atoms with Crippen molar-refractivity contribution in [2.24, 2.45) is 0 Å². The lowest BCUT2D eigenvalue weighted by molar-refractivity contribution is 0.00760. The first kappa shape index (κ1) is 12.3. The highest BCUT2D eigenvalue weighted by Gasteiger charge is 2.39. The van der Waals surface area contributed by atoms with Gasteiger partial charge in [-0.1, -0.05) is 38.1 Å². The van der Waals surface area contributed by atoms with E-state index in [1.807, 2.05) is 24.3 Å². The highest BCUT2D eigenvalue weighted by Crippen LogP contribution is 2.24. The molecule has 0 saturated carbocycles. The van der Waals surface area contributed by atoms with Gasteiger partial charge in [-0.15, -0.1) is 0 Å². The molecule has 1 fully saturated rings. The van der Waals surface area contributed by atoms with Gasteiger partial charge < -0.3 is 9.47 Å². The standard InChI is InChI=1S/C14H18O3/c1-10(2)11-4-6-12(7-5-11)13(15)14(3)8-16-9-17-14/h4-7,10H,8-9H2,1-3H3. The van der Waals surface area contributed by atoms with Crippen molar-refractivity contribution < 1.29 is 14.3 Å². The van der Waals surface area contributed by atoms with Crippen LogP contribution in [0.2, 0.25) is 0 Å². The van der Waals surface area contributed by atoms with Gasteiger partial charge in [0.1, 0.15) is 6.79 Å². The van der Waals surface area contributed by atoms with Crippen LogP contribution in [0.3, 0.4) is 0 Å². The van der Waals surface area contributed by atoms with Crippen LogP contribution >= 0.6 is 0 Å². The van der Waals surface area contributed by atoms with Gasteiger partial charge >= 0.3 is 0 Å². The molecule has 0 N–H and O–H groups in total. The fourth-order valence-corrected chi connectivity index (χ4v) is 1.91. The topological polar surface area (TPSA) is 35.5 Å². The number of carbonyl (C=O) groups excluding carboxylic acids is 1. The van der Waals surface area contributed by atoms with E-state index in [0.29, 0.717) is 18.1 Å². The lowest BCUT2D eigenvalue weighted by Crippen LogP contribution is -2.37. The Labute approximate surface area is 102 Å². The van der Waals surface area contributed by atoms with Crippen LogP contribution in [0, 0.1) is 0 Å². The van der Waals surface area contributed by atoms with Crippen molar-refractivity contribution >= 4 is 5.78 Å². The van der Waals surface area contributed by atoms with Crippen LogP contribution in [0.4, 0.5) is 0 Å². The van der Waals surface area contributed by atoms with Crippen molar-refractivity contribution in [3.8, 4) is 0 Å². The molecule has 0 amide bonds. The number of rotatable bonds is 3. The summed E-state index contributed by atoms with van der Waals surface area (Å²) in [5.74, 6) is 0.464. The van der Waals surface area contributed by atoms with E-state index in [1.54, 1.807) is 6.92 Å². The zero-order valence-electron chi connectivity index (χ0n) is 10.5. The molecule has 0 radical (unpaired) electrons. The molecule has 1 aromatic carbocycles. The monoisotopic (exact) mass is 234 g/mol. The van der Waals surface area contributed by atoms with Crippen LogP contribution in [0.1, 0.15) is 42.6 Å². The highest BCUT2D eigenvalue weighted by atomic mass is 16.7. The van der Waals surface area contributed by atoms with Gasteiger partial charge in [0.25, 0.3) is 0 Å². The van der Waals surface area contributed by atoms with Crippen LogP contribution < -0.4 is 0 Å². The van der Waals surface area contributed by atoms with Gasteiger partial charge in [0.2, 0.25) is 0 Å². The molecule has 1 heterocycles. The average molecular weight is 234 g/mol. The molecule has 2 rings (SSSR count). The van der Waals surface area contributed by atoms with Crippen molar-refractivity contribution in [1.29, 1.82) is 0 Å². The zero-order valence-corrected chi connectivity index (χ0v) is 10.5. The third-order valence-corrected chi connectivity index (χ3v) is 3.16. The Kier molecular flexibility index (Phi) is 3.31. The van der Waals surface area contributed by atoms with E-state index < -0.39 is 5.60 Å². The molecule has 3 heteroatoms. The van der Waals surface area contributed by atoms with E-state index in [2.05, 4.69) is 13.8 Å². The molecule has 0 aromatic heterocycles. The van der Waals surface area contributed by atoms with Crippen molar-refractivity contribution in [3.05, 3.63) is 35.4 Å². The van der Waals surface area contributed by atoms with Gasteiger partial charge in [-0.05, 0) is 18.4 Å².